The number of nitrogens with one attached hydrogen (secondary N) is 1. The average Bonchev–Trinajstić information content (AvgIpc) is 2.46. The molecule has 3 nitrogen and oxygen atoms in total. The molecule has 0 fully saturated rings. The second kappa shape index (κ2) is 6.65. The van der Waals surface area contributed by atoms with E-state index in [1.165, 1.54) is 6.07 Å². The van der Waals surface area contributed by atoms with Gasteiger partial charge in [-0.2, -0.15) is 8.78 Å². The summed E-state index contributed by atoms with van der Waals surface area (Å²) in [5.41, 5.74) is 1.01. The molecule has 0 aliphatic rings. The molecule has 0 radical (unpaired) electrons. The van der Waals surface area contributed by atoms with Gasteiger partial charge >= 0.3 is 6.61 Å². The van der Waals surface area contributed by atoms with Crippen LogP contribution in [-0.2, 0) is 6.54 Å². The lowest BCUT2D eigenvalue weighted by atomic mass is 10.2. The zero-order valence-electron chi connectivity index (χ0n) is 10.6. The van der Waals surface area contributed by atoms with E-state index in [-0.39, 0.29) is 18.2 Å². The number of hydrogen-bond acceptors (Lipinski definition) is 2. The Morgan fingerprint density at radius 3 is 2.40 bits per heavy atom. The molecule has 2 rings (SSSR count). The van der Waals surface area contributed by atoms with Gasteiger partial charge in [-0.1, -0.05) is 36.4 Å². The van der Waals surface area contributed by atoms with E-state index < -0.39 is 6.61 Å². The Morgan fingerprint density at radius 2 is 1.70 bits per heavy atom. The van der Waals surface area contributed by atoms with Crippen LogP contribution in [0.3, 0.4) is 0 Å². The quantitative estimate of drug-likeness (QED) is 0.911. The minimum absolute atomic E-state index is 0.0656. The fourth-order valence-electron chi connectivity index (χ4n) is 1.73. The van der Waals surface area contributed by atoms with E-state index in [9.17, 15) is 13.6 Å². The van der Waals surface area contributed by atoms with Crippen molar-refractivity contribution in [3.05, 3.63) is 65.7 Å². The first-order chi connectivity index (χ1) is 9.66. The van der Waals surface area contributed by atoms with Crippen molar-refractivity contribution in [3.8, 4) is 5.75 Å². The van der Waals surface area contributed by atoms with Gasteiger partial charge in [-0.15, -0.1) is 0 Å². The van der Waals surface area contributed by atoms with Gasteiger partial charge in [0.1, 0.15) is 5.75 Å². The molecule has 1 amide bonds. The summed E-state index contributed by atoms with van der Waals surface area (Å²) in [5.74, 6) is -0.201. The van der Waals surface area contributed by atoms with Crippen LogP contribution in [-0.4, -0.2) is 12.5 Å². The predicted molar refractivity (Wildman–Crippen MR) is 70.7 cm³/mol. The van der Waals surface area contributed by atoms with Crippen LogP contribution < -0.4 is 10.1 Å². The number of rotatable bonds is 5. The van der Waals surface area contributed by atoms with Crippen LogP contribution in [0.1, 0.15) is 15.9 Å². The van der Waals surface area contributed by atoms with Gasteiger partial charge in [0.2, 0.25) is 0 Å². The summed E-state index contributed by atoms with van der Waals surface area (Å²) < 4.78 is 28.9. The lowest BCUT2D eigenvalue weighted by Gasteiger charge is -2.11. The van der Waals surface area contributed by atoms with Crippen LogP contribution in [0.4, 0.5) is 8.78 Å². The molecular formula is C15H13F2NO2. The number of alkyl halides is 2. The third-order valence-electron chi connectivity index (χ3n) is 2.66. The first-order valence-corrected chi connectivity index (χ1v) is 6.03. The predicted octanol–water partition coefficient (Wildman–Crippen LogP) is 3.22. The van der Waals surface area contributed by atoms with Gasteiger partial charge in [-0.3, -0.25) is 4.79 Å². The summed E-state index contributed by atoms with van der Waals surface area (Å²) >= 11 is 0. The molecule has 0 unspecified atom stereocenters. The lowest BCUT2D eigenvalue weighted by molar-refractivity contribution is -0.0504. The van der Waals surface area contributed by atoms with Crippen molar-refractivity contribution in [1.82, 2.24) is 5.32 Å². The molecule has 0 aliphatic carbocycles. The highest BCUT2D eigenvalue weighted by atomic mass is 19.3. The largest absolute Gasteiger partial charge is 0.434 e. The van der Waals surface area contributed by atoms with E-state index in [0.717, 1.165) is 0 Å². The topological polar surface area (TPSA) is 38.3 Å². The summed E-state index contributed by atoms with van der Waals surface area (Å²) in [5, 5.41) is 2.67. The summed E-state index contributed by atoms with van der Waals surface area (Å²) in [6, 6.07) is 15.0. The highest BCUT2D eigenvalue weighted by molar-refractivity contribution is 5.94. The zero-order chi connectivity index (χ0) is 14.4. The maximum Gasteiger partial charge on any atom is 0.387 e. The first kappa shape index (κ1) is 14.0. The third-order valence-corrected chi connectivity index (χ3v) is 2.66. The van der Waals surface area contributed by atoms with Crippen molar-refractivity contribution >= 4 is 5.91 Å². The Labute approximate surface area is 115 Å². The summed E-state index contributed by atoms with van der Waals surface area (Å²) in [7, 11) is 0. The van der Waals surface area contributed by atoms with Crippen molar-refractivity contribution < 1.29 is 18.3 Å². The van der Waals surface area contributed by atoms with Crippen molar-refractivity contribution in [2.24, 2.45) is 0 Å². The molecule has 5 heteroatoms. The van der Waals surface area contributed by atoms with Gasteiger partial charge in [-0.05, 0) is 18.2 Å². The van der Waals surface area contributed by atoms with E-state index in [2.05, 4.69) is 10.1 Å². The Morgan fingerprint density at radius 1 is 1.05 bits per heavy atom. The maximum absolute atomic E-state index is 12.3. The number of para-hydroxylation sites is 1. The minimum atomic E-state index is -2.89. The van der Waals surface area contributed by atoms with E-state index in [1.807, 2.05) is 6.07 Å². The second-order valence-corrected chi connectivity index (χ2v) is 4.03. The molecule has 20 heavy (non-hydrogen) atoms. The molecule has 2 aromatic rings. The number of carbonyl (C=O) groups is 1. The number of carbonyl (C=O) groups excluding carboxylic acids is 1. The standard InChI is InChI=1S/C15H13F2NO2/c16-15(17)20-13-9-5-4-8-12(13)10-18-14(19)11-6-2-1-3-7-11/h1-9,15H,10H2,(H,18,19). The molecule has 2 aromatic carbocycles. The summed E-state index contributed by atoms with van der Waals surface area (Å²) in [6.07, 6.45) is 0. The number of ether oxygens (including phenoxy) is 1. The molecule has 0 saturated heterocycles. The van der Waals surface area contributed by atoms with E-state index in [4.69, 9.17) is 0 Å². The number of amides is 1. The molecule has 0 saturated carbocycles. The van der Waals surface area contributed by atoms with Gasteiger partial charge in [-0.25, -0.2) is 0 Å². The highest BCUT2D eigenvalue weighted by Gasteiger charge is 2.10. The lowest BCUT2D eigenvalue weighted by Crippen LogP contribution is -2.23. The molecule has 0 heterocycles. The van der Waals surface area contributed by atoms with Crippen LogP contribution in [0.25, 0.3) is 0 Å². The van der Waals surface area contributed by atoms with Gasteiger partial charge in [0, 0.05) is 17.7 Å². The normalized spacial score (nSPS) is 10.3. The zero-order valence-corrected chi connectivity index (χ0v) is 10.6. The molecule has 104 valence electrons. The summed E-state index contributed by atoms with van der Waals surface area (Å²) in [6.45, 7) is -2.77. The second-order valence-electron chi connectivity index (χ2n) is 4.03. The van der Waals surface area contributed by atoms with Crippen molar-refractivity contribution in [2.75, 3.05) is 0 Å². The molecule has 0 spiro atoms. The van der Waals surface area contributed by atoms with Gasteiger partial charge < -0.3 is 10.1 Å². The fourth-order valence-corrected chi connectivity index (χ4v) is 1.73. The SMILES string of the molecule is O=C(NCc1ccccc1OC(F)F)c1ccccc1. The third kappa shape index (κ3) is 3.78. The number of halogens is 2. The minimum Gasteiger partial charge on any atom is -0.434 e. The Balaban J connectivity index is 2.02. The molecule has 0 bridgehead atoms. The Bertz CT molecular complexity index is 573. The molecule has 0 atom stereocenters. The van der Waals surface area contributed by atoms with Crippen LogP contribution >= 0.6 is 0 Å². The van der Waals surface area contributed by atoms with Crippen LogP contribution in [0.15, 0.2) is 54.6 Å². The Hall–Kier alpha value is -2.43. The van der Waals surface area contributed by atoms with Crippen LogP contribution in [0.5, 0.6) is 5.75 Å². The van der Waals surface area contributed by atoms with Gasteiger partial charge in [0.15, 0.2) is 0 Å². The smallest absolute Gasteiger partial charge is 0.387 e. The Kier molecular flexibility index (Phi) is 4.65. The van der Waals surface area contributed by atoms with Crippen molar-refractivity contribution in [1.29, 1.82) is 0 Å². The summed E-state index contributed by atoms with van der Waals surface area (Å²) in [4.78, 5) is 11.9. The van der Waals surface area contributed by atoms with Crippen molar-refractivity contribution in [2.45, 2.75) is 13.2 Å². The maximum atomic E-state index is 12.3. The van der Waals surface area contributed by atoms with Crippen LogP contribution in [0, 0.1) is 0 Å². The number of hydrogen-bond donors (Lipinski definition) is 1. The van der Waals surface area contributed by atoms with E-state index in [0.29, 0.717) is 11.1 Å². The average molecular weight is 277 g/mol. The fraction of sp³-hybridized carbons (Fsp3) is 0.133. The molecule has 0 aliphatic heterocycles. The monoisotopic (exact) mass is 277 g/mol. The van der Waals surface area contributed by atoms with Gasteiger partial charge in [0.05, 0.1) is 0 Å². The molecule has 1 N–H and O–H groups in total. The van der Waals surface area contributed by atoms with Crippen molar-refractivity contribution in [3.63, 3.8) is 0 Å². The van der Waals surface area contributed by atoms with E-state index in [1.54, 1.807) is 42.5 Å². The van der Waals surface area contributed by atoms with Gasteiger partial charge in [0.25, 0.3) is 5.91 Å². The molecular weight excluding hydrogens is 264 g/mol. The highest BCUT2D eigenvalue weighted by Crippen LogP contribution is 2.20. The molecule has 0 aromatic heterocycles. The first-order valence-electron chi connectivity index (χ1n) is 6.03. The van der Waals surface area contributed by atoms with Crippen LogP contribution in [0.2, 0.25) is 0 Å². The number of benzene rings is 2. The van der Waals surface area contributed by atoms with E-state index >= 15 is 0 Å².